The molecule has 1 N–H and O–H groups in total. The van der Waals surface area contributed by atoms with Crippen LogP contribution in [0.1, 0.15) is 28.4 Å². The van der Waals surface area contributed by atoms with E-state index in [4.69, 9.17) is 14.2 Å². The predicted octanol–water partition coefficient (Wildman–Crippen LogP) is 3.30. The number of fused-ring (bicyclic) bond motifs is 1. The third-order valence-electron chi connectivity index (χ3n) is 4.00. The number of carbonyl (C=O) groups is 2. The minimum absolute atomic E-state index is 0.0802. The normalized spacial score (nSPS) is 13.7. The second kappa shape index (κ2) is 7.79. The van der Waals surface area contributed by atoms with Gasteiger partial charge in [0, 0.05) is 6.54 Å². The van der Waals surface area contributed by atoms with Crippen molar-refractivity contribution in [3.05, 3.63) is 59.2 Å². The number of hydrogen-bond acceptors (Lipinski definition) is 5. The number of ether oxygens (including phenoxy) is 3. The first-order chi connectivity index (χ1) is 13.2. The zero-order valence-electron chi connectivity index (χ0n) is 14.7. The highest BCUT2D eigenvalue weighted by Gasteiger charge is 2.30. The summed E-state index contributed by atoms with van der Waals surface area (Å²) in [5.41, 5.74) is -0.194. The molecule has 0 aromatic heterocycles. The van der Waals surface area contributed by atoms with Gasteiger partial charge in [-0.2, -0.15) is 13.2 Å². The number of halogens is 3. The van der Waals surface area contributed by atoms with Gasteiger partial charge in [0.05, 0.1) is 11.1 Å². The Bertz CT molecular complexity index is 880. The van der Waals surface area contributed by atoms with Gasteiger partial charge < -0.3 is 19.5 Å². The molecule has 0 saturated carbocycles. The molecule has 3 rings (SSSR count). The van der Waals surface area contributed by atoms with Gasteiger partial charge in [-0.1, -0.05) is 6.07 Å². The molecule has 9 heteroatoms. The molecule has 1 aliphatic heterocycles. The highest BCUT2D eigenvalue weighted by atomic mass is 19.4. The van der Waals surface area contributed by atoms with Crippen molar-refractivity contribution in [2.24, 2.45) is 0 Å². The quantitative estimate of drug-likeness (QED) is 0.787. The van der Waals surface area contributed by atoms with Gasteiger partial charge in [0.15, 0.2) is 17.6 Å². The lowest BCUT2D eigenvalue weighted by Crippen LogP contribution is -2.35. The van der Waals surface area contributed by atoms with Gasteiger partial charge in [-0.25, -0.2) is 4.79 Å². The van der Waals surface area contributed by atoms with Crippen molar-refractivity contribution in [3.63, 3.8) is 0 Å². The van der Waals surface area contributed by atoms with Gasteiger partial charge in [-0.15, -0.1) is 0 Å². The van der Waals surface area contributed by atoms with E-state index in [9.17, 15) is 22.8 Å². The number of amides is 1. The van der Waals surface area contributed by atoms with E-state index in [1.807, 2.05) is 0 Å². The molecule has 1 amide bonds. The fourth-order valence-corrected chi connectivity index (χ4v) is 2.46. The molecule has 1 aliphatic rings. The van der Waals surface area contributed by atoms with Crippen LogP contribution in [0.25, 0.3) is 0 Å². The minimum atomic E-state index is -4.50. The fraction of sp³-hybridized carbons (Fsp3) is 0.263. The van der Waals surface area contributed by atoms with Crippen LogP contribution in [0.5, 0.6) is 11.5 Å². The van der Waals surface area contributed by atoms with Crippen molar-refractivity contribution in [1.29, 1.82) is 0 Å². The Morgan fingerprint density at radius 3 is 2.46 bits per heavy atom. The van der Waals surface area contributed by atoms with E-state index in [1.54, 1.807) is 18.2 Å². The maximum atomic E-state index is 12.6. The van der Waals surface area contributed by atoms with Gasteiger partial charge >= 0.3 is 12.1 Å². The molecule has 1 unspecified atom stereocenters. The van der Waals surface area contributed by atoms with Gasteiger partial charge in [0.2, 0.25) is 6.79 Å². The largest absolute Gasteiger partial charge is 0.454 e. The summed E-state index contributed by atoms with van der Waals surface area (Å²) in [5.74, 6) is -0.236. The van der Waals surface area contributed by atoms with E-state index in [1.165, 1.54) is 6.92 Å². The van der Waals surface area contributed by atoms with E-state index < -0.39 is 29.7 Å². The smallest absolute Gasteiger partial charge is 0.416 e. The van der Waals surface area contributed by atoms with Crippen LogP contribution in [0, 0.1) is 0 Å². The Hall–Kier alpha value is -3.23. The third-order valence-corrected chi connectivity index (χ3v) is 4.00. The predicted molar refractivity (Wildman–Crippen MR) is 90.7 cm³/mol. The van der Waals surface area contributed by atoms with Crippen molar-refractivity contribution in [3.8, 4) is 11.5 Å². The van der Waals surface area contributed by atoms with E-state index in [-0.39, 0.29) is 18.9 Å². The van der Waals surface area contributed by atoms with Crippen molar-refractivity contribution in [2.75, 3.05) is 6.79 Å². The van der Waals surface area contributed by atoms with Crippen molar-refractivity contribution < 1.29 is 37.0 Å². The molecule has 2 aromatic carbocycles. The first-order valence-electron chi connectivity index (χ1n) is 8.28. The third kappa shape index (κ3) is 4.54. The Balaban J connectivity index is 1.52. The number of benzene rings is 2. The molecule has 6 nitrogen and oxygen atoms in total. The summed E-state index contributed by atoms with van der Waals surface area (Å²) in [6.07, 6.45) is -5.62. The molecular formula is C19H16F3NO5. The zero-order valence-corrected chi connectivity index (χ0v) is 14.7. The summed E-state index contributed by atoms with van der Waals surface area (Å²) in [7, 11) is 0. The molecule has 2 aromatic rings. The van der Waals surface area contributed by atoms with E-state index in [2.05, 4.69) is 5.32 Å². The van der Waals surface area contributed by atoms with Crippen LogP contribution >= 0.6 is 0 Å². The summed E-state index contributed by atoms with van der Waals surface area (Å²) < 4.78 is 53.1. The van der Waals surface area contributed by atoms with E-state index in [0.29, 0.717) is 11.5 Å². The SMILES string of the molecule is CC(OC(=O)c1ccc(C(F)(F)F)cc1)C(=O)NCc1ccc2c(c1)OCO2. The Morgan fingerprint density at radius 2 is 1.79 bits per heavy atom. The number of alkyl halides is 3. The monoisotopic (exact) mass is 395 g/mol. The van der Waals surface area contributed by atoms with Crippen LogP contribution in [0.3, 0.4) is 0 Å². The molecule has 0 radical (unpaired) electrons. The standard InChI is InChI=1S/C19H16F3NO5/c1-11(28-18(25)13-3-5-14(6-4-13)19(20,21)22)17(24)23-9-12-2-7-15-16(8-12)27-10-26-15/h2-8,11H,9-10H2,1H3,(H,23,24). The van der Waals surface area contributed by atoms with Gasteiger partial charge in [-0.3, -0.25) is 4.79 Å². The van der Waals surface area contributed by atoms with E-state index >= 15 is 0 Å². The second-order valence-electron chi connectivity index (χ2n) is 6.03. The van der Waals surface area contributed by atoms with Crippen LogP contribution in [-0.4, -0.2) is 24.8 Å². The summed E-state index contributed by atoms with van der Waals surface area (Å²) in [5, 5.41) is 2.61. The number of carbonyl (C=O) groups excluding carboxylic acids is 2. The average molecular weight is 395 g/mol. The maximum absolute atomic E-state index is 12.6. The zero-order chi connectivity index (χ0) is 20.3. The summed E-state index contributed by atoms with van der Waals surface area (Å²) in [6.45, 7) is 1.69. The Labute approximate surface area is 158 Å². The van der Waals surface area contributed by atoms with Crippen LogP contribution in [0.4, 0.5) is 13.2 Å². The summed E-state index contributed by atoms with van der Waals surface area (Å²) >= 11 is 0. The summed E-state index contributed by atoms with van der Waals surface area (Å²) in [4.78, 5) is 24.1. The highest BCUT2D eigenvalue weighted by Crippen LogP contribution is 2.32. The second-order valence-corrected chi connectivity index (χ2v) is 6.03. The lowest BCUT2D eigenvalue weighted by molar-refractivity contribution is -0.137. The van der Waals surface area contributed by atoms with Crippen LogP contribution in [-0.2, 0) is 22.3 Å². The Kier molecular flexibility index (Phi) is 5.43. The van der Waals surface area contributed by atoms with E-state index in [0.717, 1.165) is 29.8 Å². The molecular weight excluding hydrogens is 379 g/mol. The molecule has 1 atom stereocenters. The van der Waals surface area contributed by atoms with Gasteiger partial charge in [0.25, 0.3) is 5.91 Å². The first-order valence-corrected chi connectivity index (χ1v) is 8.28. The van der Waals surface area contributed by atoms with Crippen LogP contribution < -0.4 is 14.8 Å². The first kappa shape index (κ1) is 19.5. The topological polar surface area (TPSA) is 73.9 Å². The number of nitrogens with one attached hydrogen (secondary N) is 1. The minimum Gasteiger partial charge on any atom is -0.454 e. The lowest BCUT2D eigenvalue weighted by Gasteiger charge is -2.14. The number of hydrogen-bond donors (Lipinski definition) is 1. The molecule has 0 aliphatic carbocycles. The Morgan fingerprint density at radius 1 is 1.11 bits per heavy atom. The maximum Gasteiger partial charge on any atom is 0.416 e. The number of esters is 1. The van der Waals surface area contributed by atoms with Crippen LogP contribution in [0.15, 0.2) is 42.5 Å². The molecule has 0 bridgehead atoms. The summed E-state index contributed by atoms with van der Waals surface area (Å²) in [6, 6.07) is 8.76. The van der Waals surface area contributed by atoms with Crippen LogP contribution in [0.2, 0.25) is 0 Å². The highest BCUT2D eigenvalue weighted by molar-refractivity contribution is 5.92. The molecule has 28 heavy (non-hydrogen) atoms. The van der Waals surface area contributed by atoms with Crippen molar-refractivity contribution in [1.82, 2.24) is 5.32 Å². The molecule has 148 valence electrons. The molecule has 0 fully saturated rings. The fourth-order valence-electron chi connectivity index (χ4n) is 2.46. The molecule has 0 spiro atoms. The van der Waals surface area contributed by atoms with Gasteiger partial charge in [0.1, 0.15) is 0 Å². The van der Waals surface area contributed by atoms with Crippen molar-refractivity contribution in [2.45, 2.75) is 25.7 Å². The van der Waals surface area contributed by atoms with Gasteiger partial charge in [-0.05, 0) is 48.9 Å². The molecule has 0 saturated heterocycles. The lowest BCUT2D eigenvalue weighted by atomic mass is 10.1. The van der Waals surface area contributed by atoms with Crippen molar-refractivity contribution >= 4 is 11.9 Å². The average Bonchev–Trinajstić information content (AvgIpc) is 3.13. The molecule has 1 heterocycles. The number of rotatable bonds is 5.